The molecule has 0 aliphatic carbocycles. The monoisotopic (exact) mass is 211 g/mol. The Kier molecular flexibility index (Phi) is 4.15. The molecule has 1 rings (SSSR count). The van der Waals surface area contributed by atoms with Gasteiger partial charge in [-0.15, -0.1) is 0 Å². The Morgan fingerprint density at radius 2 is 2.13 bits per heavy atom. The molecule has 86 valence electrons. The number of hydrogen-bond donors (Lipinski definition) is 1. The summed E-state index contributed by atoms with van der Waals surface area (Å²) in [5.74, 6) is 0.508. The SMILES string of the molecule is COCC(C)CNc1c(C)nn(C)c1C. The first-order valence-electron chi connectivity index (χ1n) is 5.29. The average Bonchev–Trinajstić information content (AvgIpc) is 2.40. The van der Waals surface area contributed by atoms with E-state index in [0.717, 1.165) is 24.5 Å². The van der Waals surface area contributed by atoms with Gasteiger partial charge in [0.15, 0.2) is 0 Å². The molecule has 1 aromatic rings. The molecule has 1 atom stereocenters. The van der Waals surface area contributed by atoms with E-state index in [9.17, 15) is 0 Å². The fourth-order valence-electron chi connectivity index (χ4n) is 1.65. The van der Waals surface area contributed by atoms with E-state index in [1.807, 2.05) is 18.7 Å². The second-order valence-corrected chi connectivity index (χ2v) is 4.11. The number of aryl methyl sites for hydroxylation is 2. The zero-order valence-corrected chi connectivity index (χ0v) is 10.3. The molecule has 1 heterocycles. The summed E-state index contributed by atoms with van der Waals surface area (Å²) in [6.07, 6.45) is 0. The molecule has 0 radical (unpaired) electrons. The summed E-state index contributed by atoms with van der Waals surface area (Å²) in [7, 11) is 3.70. The fourth-order valence-corrected chi connectivity index (χ4v) is 1.65. The Morgan fingerprint density at radius 3 is 2.60 bits per heavy atom. The van der Waals surface area contributed by atoms with Crippen LogP contribution in [0, 0.1) is 19.8 Å². The van der Waals surface area contributed by atoms with E-state index >= 15 is 0 Å². The van der Waals surface area contributed by atoms with E-state index in [1.165, 1.54) is 5.69 Å². The van der Waals surface area contributed by atoms with Crippen LogP contribution in [0.1, 0.15) is 18.3 Å². The van der Waals surface area contributed by atoms with Crippen LogP contribution in [-0.4, -0.2) is 30.0 Å². The number of ether oxygens (including phenoxy) is 1. The maximum Gasteiger partial charge on any atom is 0.0827 e. The molecule has 15 heavy (non-hydrogen) atoms. The molecule has 4 heteroatoms. The van der Waals surface area contributed by atoms with Gasteiger partial charge in [-0.3, -0.25) is 4.68 Å². The smallest absolute Gasteiger partial charge is 0.0827 e. The van der Waals surface area contributed by atoms with Crippen LogP contribution in [0.3, 0.4) is 0 Å². The van der Waals surface area contributed by atoms with E-state index in [0.29, 0.717) is 5.92 Å². The van der Waals surface area contributed by atoms with Gasteiger partial charge in [-0.05, 0) is 19.8 Å². The van der Waals surface area contributed by atoms with Crippen LogP contribution in [0.4, 0.5) is 5.69 Å². The third-order valence-electron chi connectivity index (χ3n) is 2.59. The Bertz CT molecular complexity index is 320. The molecule has 0 fully saturated rings. The van der Waals surface area contributed by atoms with Crippen LogP contribution >= 0.6 is 0 Å². The summed E-state index contributed by atoms with van der Waals surface area (Å²) in [6, 6.07) is 0. The number of hydrogen-bond acceptors (Lipinski definition) is 3. The first-order chi connectivity index (χ1) is 7.06. The van der Waals surface area contributed by atoms with Crippen molar-refractivity contribution >= 4 is 5.69 Å². The molecular weight excluding hydrogens is 190 g/mol. The highest BCUT2D eigenvalue weighted by atomic mass is 16.5. The first-order valence-corrected chi connectivity index (χ1v) is 5.29. The zero-order chi connectivity index (χ0) is 11.4. The largest absolute Gasteiger partial charge is 0.384 e. The lowest BCUT2D eigenvalue weighted by atomic mass is 10.2. The molecule has 0 aliphatic rings. The van der Waals surface area contributed by atoms with Crippen molar-refractivity contribution in [2.45, 2.75) is 20.8 Å². The van der Waals surface area contributed by atoms with Crippen molar-refractivity contribution in [2.75, 3.05) is 25.6 Å². The maximum absolute atomic E-state index is 5.10. The van der Waals surface area contributed by atoms with Gasteiger partial charge in [0, 0.05) is 20.7 Å². The number of anilines is 1. The van der Waals surface area contributed by atoms with Gasteiger partial charge in [0.2, 0.25) is 0 Å². The molecule has 0 amide bonds. The summed E-state index contributed by atoms with van der Waals surface area (Å²) < 4.78 is 7.00. The van der Waals surface area contributed by atoms with Crippen LogP contribution < -0.4 is 5.32 Å². The topological polar surface area (TPSA) is 39.1 Å². The summed E-state index contributed by atoms with van der Waals surface area (Å²) in [5.41, 5.74) is 3.39. The number of nitrogens with zero attached hydrogens (tertiary/aromatic N) is 2. The average molecular weight is 211 g/mol. The summed E-state index contributed by atoms with van der Waals surface area (Å²) in [4.78, 5) is 0. The van der Waals surface area contributed by atoms with Gasteiger partial charge in [-0.1, -0.05) is 6.92 Å². The molecule has 0 spiro atoms. The number of methoxy groups -OCH3 is 1. The standard InChI is InChI=1S/C11H21N3O/c1-8(7-15-5)6-12-11-9(2)13-14(4)10(11)3/h8,12H,6-7H2,1-5H3. The van der Waals surface area contributed by atoms with E-state index in [-0.39, 0.29) is 0 Å². The van der Waals surface area contributed by atoms with Crippen LogP contribution in [0.15, 0.2) is 0 Å². The highest BCUT2D eigenvalue weighted by Gasteiger charge is 2.09. The molecule has 4 nitrogen and oxygen atoms in total. The van der Waals surface area contributed by atoms with Gasteiger partial charge in [-0.25, -0.2) is 0 Å². The van der Waals surface area contributed by atoms with E-state index < -0.39 is 0 Å². The van der Waals surface area contributed by atoms with Gasteiger partial charge in [0.1, 0.15) is 0 Å². The normalized spacial score (nSPS) is 12.9. The van der Waals surface area contributed by atoms with Crippen LogP contribution in [-0.2, 0) is 11.8 Å². The Labute approximate surface area is 91.6 Å². The first kappa shape index (κ1) is 12.0. The number of aromatic nitrogens is 2. The van der Waals surface area contributed by atoms with Gasteiger partial charge in [0.25, 0.3) is 0 Å². The van der Waals surface area contributed by atoms with Crippen molar-refractivity contribution in [2.24, 2.45) is 13.0 Å². The predicted molar refractivity (Wildman–Crippen MR) is 62.2 cm³/mol. The quantitative estimate of drug-likeness (QED) is 0.806. The van der Waals surface area contributed by atoms with Gasteiger partial charge in [-0.2, -0.15) is 5.10 Å². The van der Waals surface area contributed by atoms with Crippen LogP contribution in [0.5, 0.6) is 0 Å². The summed E-state index contributed by atoms with van der Waals surface area (Å²) in [5, 5.41) is 7.78. The predicted octanol–water partition coefficient (Wildman–Crippen LogP) is 1.73. The summed E-state index contributed by atoms with van der Waals surface area (Å²) >= 11 is 0. The molecule has 0 bridgehead atoms. The lowest BCUT2D eigenvalue weighted by molar-refractivity contribution is 0.164. The van der Waals surface area contributed by atoms with E-state index in [1.54, 1.807) is 7.11 Å². The van der Waals surface area contributed by atoms with E-state index in [2.05, 4.69) is 24.3 Å². The number of nitrogens with one attached hydrogen (secondary N) is 1. The van der Waals surface area contributed by atoms with Gasteiger partial charge >= 0.3 is 0 Å². The van der Waals surface area contributed by atoms with Crippen molar-refractivity contribution in [1.29, 1.82) is 0 Å². The molecular formula is C11H21N3O. The van der Waals surface area contributed by atoms with Gasteiger partial charge in [0.05, 0.1) is 23.7 Å². The van der Waals surface area contributed by atoms with Crippen molar-refractivity contribution in [3.8, 4) is 0 Å². The highest BCUT2D eigenvalue weighted by Crippen LogP contribution is 2.18. The lowest BCUT2D eigenvalue weighted by Gasteiger charge is -2.12. The Balaban J connectivity index is 2.57. The van der Waals surface area contributed by atoms with Crippen LogP contribution in [0.2, 0.25) is 0 Å². The maximum atomic E-state index is 5.10. The Morgan fingerprint density at radius 1 is 1.47 bits per heavy atom. The second kappa shape index (κ2) is 5.16. The third-order valence-corrected chi connectivity index (χ3v) is 2.59. The fraction of sp³-hybridized carbons (Fsp3) is 0.727. The molecule has 0 saturated carbocycles. The second-order valence-electron chi connectivity index (χ2n) is 4.11. The zero-order valence-electron chi connectivity index (χ0n) is 10.3. The van der Waals surface area contributed by atoms with Crippen molar-refractivity contribution in [3.05, 3.63) is 11.4 Å². The highest BCUT2D eigenvalue weighted by molar-refractivity contribution is 5.51. The molecule has 0 aromatic carbocycles. The van der Waals surface area contributed by atoms with Crippen LogP contribution in [0.25, 0.3) is 0 Å². The van der Waals surface area contributed by atoms with Gasteiger partial charge < -0.3 is 10.1 Å². The third kappa shape index (κ3) is 2.96. The molecule has 0 aliphatic heterocycles. The number of rotatable bonds is 5. The summed E-state index contributed by atoms with van der Waals surface area (Å²) in [6.45, 7) is 7.96. The van der Waals surface area contributed by atoms with E-state index in [4.69, 9.17) is 4.74 Å². The van der Waals surface area contributed by atoms with Crippen molar-refractivity contribution in [1.82, 2.24) is 9.78 Å². The molecule has 1 unspecified atom stereocenters. The minimum atomic E-state index is 0.508. The lowest BCUT2D eigenvalue weighted by Crippen LogP contribution is -2.16. The van der Waals surface area contributed by atoms with Crippen molar-refractivity contribution < 1.29 is 4.74 Å². The van der Waals surface area contributed by atoms with Crippen molar-refractivity contribution in [3.63, 3.8) is 0 Å². The molecule has 1 N–H and O–H groups in total. The Hall–Kier alpha value is -1.03. The minimum Gasteiger partial charge on any atom is -0.384 e. The molecule has 0 saturated heterocycles. The molecule has 1 aromatic heterocycles. The minimum absolute atomic E-state index is 0.508.